The fourth-order valence-electron chi connectivity index (χ4n) is 0. The van der Waals surface area contributed by atoms with E-state index in [1.807, 2.05) is 0 Å². The first-order valence-electron chi connectivity index (χ1n) is 0. The smallest absolute Gasteiger partial charge is 0 e. The molecule has 0 atom stereocenters. The van der Waals surface area contributed by atoms with Gasteiger partial charge in [-0.3, -0.25) is 0 Å². The van der Waals surface area contributed by atoms with E-state index >= 15 is 0 Å². The van der Waals surface area contributed by atoms with Gasteiger partial charge < -0.3 is 0 Å². The van der Waals surface area contributed by atoms with Crippen molar-refractivity contribution in [2.24, 2.45) is 0 Å². The van der Waals surface area contributed by atoms with Gasteiger partial charge >= 0.3 is 76.5 Å². The molecule has 0 saturated heterocycles. The van der Waals surface area contributed by atoms with Gasteiger partial charge in [-0.1, -0.05) is 0 Å². The van der Waals surface area contributed by atoms with Gasteiger partial charge in [0, 0.05) is 46.9 Å². The van der Waals surface area contributed by atoms with Crippen LogP contribution in [0.3, 0.4) is 0 Å². The van der Waals surface area contributed by atoms with Crippen LogP contribution in [0.2, 0.25) is 0 Å². The summed E-state index contributed by atoms with van der Waals surface area (Å²) in [5.41, 5.74) is 0. The van der Waals surface area contributed by atoms with Crippen molar-refractivity contribution in [3.05, 3.63) is 0 Å². The molecule has 0 spiro atoms. The normalized spacial score (nSPS) is 0. The van der Waals surface area contributed by atoms with E-state index in [1.165, 1.54) is 0 Å². The number of rotatable bonds is 0. The molecule has 0 aliphatic heterocycles. The number of hydrogen-bond acceptors (Lipinski definition) is 0. The van der Waals surface area contributed by atoms with Gasteiger partial charge in [-0.05, 0) is 0 Å². The Bertz CT molecular complexity index is 8.00. The molecule has 0 N–H and O–H groups in total. The zero-order valence-corrected chi connectivity index (χ0v) is 12.9. The Morgan fingerprint density at radius 1 is 1.00 bits per heavy atom. The molecule has 0 aliphatic carbocycles. The molecular weight excluding hydrogens is 619 g/mol. The maximum Gasteiger partial charge on any atom is 0 e. The molecule has 36 valence electrons. The van der Waals surface area contributed by atoms with E-state index in [-0.39, 0.29) is 123 Å². The maximum absolute atomic E-state index is 0. The Hall–Kier alpha value is 4.09. The quantitative estimate of drug-likeness (QED) is 0.244. The molecule has 0 aromatic rings. The molecule has 0 radical (unpaired) electrons. The van der Waals surface area contributed by atoms with Crippen LogP contribution in [0, 0.1) is 46.9 Å². The molecule has 4 heteroatoms. The van der Waals surface area contributed by atoms with E-state index < -0.39 is 0 Å². The summed E-state index contributed by atoms with van der Waals surface area (Å²) in [5, 5.41) is 0. The summed E-state index contributed by atoms with van der Waals surface area (Å²) in [5.74, 6) is 0. The van der Waals surface area contributed by atoms with Crippen LogP contribution in [-0.2, 0) is 0 Å². The molecule has 0 bridgehead atoms. The van der Waals surface area contributed by atoms with Gasteiger partial charge in [0.05, 0.1) is 0 Å². The molecule has 0 fully saturated rings. The fourth-order valence-corrected chi connectivity index (χ4v) is 0. The fraction of sp³-hybridized carbons (Fsp3) is 0. The third-order valence-electron chi connectivity index (χ3n) is 0. The summed E-state index contributed by atoms with van der Waals surface area (Å²) < 4.78 is 0. The molecule has 0 saturated carbocycles. The van der Waals surface area contributed by atoms with Crippen molar-refractivity contribution in [2.75, 3.05) is 0 Å². The van der Waals surface area contributed by atoms with E-state index in [2.05, 4.69) is 0 Å². The van der Waals surface area contributed by atoms with E-state index in [0.717, 1.165) is 0 Å². The predicted octanol–water partition coefficient (Wildman–Crippen LogP) is -3.55. The first kappa shape index (κ1) is 24.3. The molecule has 0 aliphatic rings. The van der Waals surface area contributed by atoms with E-state index in [0.29, 0.717) is 0 Å². The molecule has 0 rings (SSSR count). The monoisotopic (exact) mass is 628 g/mol. The third-order valence-corrected chi connectivity index (χ3v) is 0. The van der Waals surface area contributed by atoms with Crippen LogP contribution in [0.25, 0.3) is 0 Å². The topological polar surface area (TPSA) is 0 Å². The molecular formula is H9BiInSbYb. The molecule has 0 nitrogen and oxygen atoms in total. The van der Waals surface area contributed by atoms with Crippen molar-refractivity contribution < 1.29 is 46.9 Å². The summed E-state index contributed by atoms with van der Waals surface area (Å²) in [6, 6.07) is 0. The van der Waals surface area contributed by atoms with Crippen LogP contribution < -0.4 is 0 Å². The molecule has 0 aromatic heterocycles. The van der Waals surface area contributed by atoms with Crippen LogP contribution in [0.5, 0.6) is 0 Å². The van der Waals surface area contributed by atoms with Crippen molar-refractivity contribution >= 4 is 76.5 Å². The van der Waals surface area contributed by atoms with Crippen molar-refractivity contribution in [1.29, 1.82) is 0 Å². The van der Waals surface area contributed by atoms with Crippen LogP contribution in [0.4, 0.5) is 0 Å². The standard InChI is InChI=1S/Bi.In.Sb.Yb.9H. The first-order valence-corrected chi connectivity index (χ1v) is 0. The van der Waals surface area contributed by atoms with Crippen molar-refractivity contribution in [3.8, 4) is 0 Å². The summed E-state index contributed by atoms with van der Waals surface area (Å²) in [6.45, 7) is 0. The second-order valence-electron chi connectivity index (χ2n) is 0. The molecule has 0 amide bonds. The second kappa shape index (κ2) is 15.7. The van der Waals surface area contributed by atoms with E-state index in [1.54, 1.807) is 0 Å². The summed E-state index contributed by atoms with van der Waals surface area (Å²) >= 11 is 0. The largest absolute Gasteiger partial charge is 0 e. The molecule has 0 aromatic carbocycles. The van der Waals surface area contributed by atoms with Gasteiger partial charge in [-0.25, -0.2) is 0 Å². The third kappa shape index (κ3) is 9.43. The Labute approximate surface area is 120 Å². The van der Waals surface area contributed by atoms with Gasteiger partial charge in [0.2, 0.25) is 0 Å². The van der Waals surface area contributed by atoms with Crippen molar-refractivity contribution in [1.82, 2.24) is 0 Å². The zero-order chi connectivity index (χ0) is 0. The van der Waals surface area contributed by atoms with E-state index in [4.69, 9.17) is 0 Å². The van der Waals surface area contributed by atoms with Crippen molar-refractivity contribution in [2.45, 2.75) is 0 Å². The predicted molar refractivity (Wildman–Crippen MR) is 29.8 cm³/mol. The van der Waals surface area contributed by atoms with Crippen LogP contribution >= 0.6 is 0 Å². The SMILES string of the molecule is [BiH3].[InH3].[SbH3].[Yb]. The van der Waals surface area contributed by atoms with Gasteiger partial charge in [0.15, 0.2) is 0 Å². The molecule has 0 heterocycles. The minimum Gasteiger partial charge on any atom is 0 e. The average molecular weight is 628 g/mol. The summed E-state index contributed by atoms with van der Waals surface area (Å²) in [6.07, 6.45) is 0. The van der Waals surface area contributed by atoms with Gasteiger partial charge in [-0.2, -0.15) is 0 Å². The van der Waals surface area contributed by atoms with Gasteiger partial charge in [0.25, 0.3) is 0 Å². The maximum atomic E-state index is 0. The molecule has 0 unspecified atom stereocenters. The molecule has 4 heavy (non-hydrogen) atoms. The Morgan fingerprint density at radius 3 is 1.00 bits per heavy atom. The first-order chi connectivity index (χ1) is 0. The second-order valence-corrected chi connectivity index (χ2v) is 0. The number of hydrogen-bond donors (Lipinski definition) is 0. The Kier molecular flexibility index (Phi) is 95.5. The van der Waals surface area contributed by atoms with Crippen molar-refractivity contribution in [3.63, 3.8) is 0 Å². The Balaban J connectivity index is 0. The van der Waals surface area contributed by atoms with Gasteiger partial charge in [0.1, 0.15) is 0 Å². The minimum absolute atomic E-state index is 0. The summed E-state index contributed by atoms with van der Waals surface area (Å²) in [4.78, 5) is 0. The van der Waals surface area contributed by atoms with Crippen LogP contribution in [0.15, 0.2) is 0 Å². The Morgan fingerprint density at radius 2 is 1.00 bits per heavy atom. The average Bonchev–Trinajstić information content (AvgIpc) is 0. The van der Waals surface area contributed by atoms with E-state index in [9.17, 15) is 0 Å². The zero-order valence-electron chi connectivity index (χ0n) is 1.68. The minimum atomic E-state index is 0. The van der Waals surface area contributed by atoms with Crippen LogP contribution in [0.1, 0.15) is 0 Å². The summed E-state index contributed by atoms with van der Waals surface area (Å²) in [7, 11) is 0. The van der Waals surface area contributed by atoms with Crippen LogP contribution in [-0.4, -0.2) is 76.5 Å². The van der Waals surface area contributed by atoms with Gasteiger partial charge in [-0.15, -0.1) is 0 Å².